The van der Waals surface area contributed by atoms with Crippen LogP contribution >= 0.6 is 15.9 Å². The molecule has 3 N–H and O–H groups in total. The number of hydrogen-bond donors (Lipinski definition) is 3. The van der Waals surface area contributed by atoms with Gasteiger partial charge in [0.1, 0.15) is 17.7 Å². The minimum Gasteiger partial charge on any atom is -0.459 e. The quantitative estimate of drug-likeness (QED) is 0.544. The largest absolute Gasteiger partial charge is 0.459 e. The Morgan fingerprint density at radius 1 is 1.07 bits per heavy atom. The number of urea groups is 1. The monoisotopic (exact) mass is 455 g/mol. The molecule has 1 rings (SSSR count). The number of ether oxygens (including phenoxy) is 1. The average Bonchev–Trinajstić information content (AvgIpc) is 2.52. The van der Waals surface area contributed by atoms with E-state index in [9.17, 15) is 14.4 Å². The van der Waals surface area contributed by atoms with Gasteiger partial charge in [0.2, 0.25) is 5.91 Å². The first kappa shape index (κ1) is 23.9. The van der Waals surface area contributed by atoms with E-state index in [0.717, 1.165) is 4.47 Å². The van der Waals surface area contributed by atoms with Crippen molar-refractivity contribution in [2.24, 2.45) is 5.92 Å². The van der Waals surface area contributed by atoms with Gasteiger partial charge >= 0.3 is 12.0 Å². The first-order chi connectivity index (χ1) is 12.8. The number of carbonyl (C=O) groups excluding carboxylic acids is 3. The van der Waals surface area contributed by atoms with Gasteiger partial charge in [-0.2, -0.15) is 0 Å². The summed E-state index contributed by atoms with van der Waals surface area (Å²) >= 11 is 3.33. The number of anilines is 1. The Balaban J connectivity index is 2.76. The van der Waals surface area contributed by atoms with Crippen molar-refractivity contribution in [3.8, 4) is 0 Å². The molecule has 1 aromatic carbocycles. The van der Waals surface area contributed by atoms with Gasteiger partial charge in [0.25, 0.3) is 0 Å². The Labute approximate surface area is 175 Å². The molecule has 1 aromatic rings. The fourth-order valence-electron chi connectivity index (χ4n) is 2.69. The first-order valence-corrected chi connectivity index (χ1v) is 9.95. The Morgan fingerprint density at radius 2 is 1.64 bits per heavy atom. The van der Waals surface area contributed by atoms with E-state index in [0.29, 0.717) is 12.1 Å². The summed E-state index contributed by atoms with van der Waals surface area (Å²) < 4.78 is 6.09. The van der Waals surface area contributed by atoms with Crippen LogP contribution in [0, 0.1) is 5.92 Å². The molecule has 0 spiro atoms. The molecule has 3 amide bonds. The van der Waals surface area contributed by atoms with Crippen molar-refractivity contribution in [3.05, 3.63) is 28.7 Å². The second-order valence-electron chi connectivity index (χ2n) is 8.29. The predicted octanol–water partition coefficient (Wildman–Crippen LogP) is 3.83. The van der Waals surface area contributed by atoms with E-state index < -0.39 is 29.0 Å². The summed E-state index contributed by atoms with van der Waals surface area (Å²) in [5, 5.41) is 8.01. The lowest BCUT2D eigenvalue weighted by Gasteiger charge is -2.31. The highest BCUT2D eigenvalue weighted by Gasteiger charge is 2.36. The number of benzene rings is 1. The molecule has 7 nitrogen and oxygen atoms in total. The molecule has 1 unspecified atom stereocenters. The van der Waals surface area contributed by atoms with Crippen molar-refractivity contribution in [3.63, 3.8) is 0 Å². The molecule has 0 aliphatic rings. The van der Waals surface area contributed by atoms with Gasteiger partial charge in [0.05, 0.1) is 0 Å². The molecule has 28 heavy (non-hydrogen) atoms. The number of nitrogens with one attached hydrogen (secondary N) is 3. The van der Waals surface area contributed by atoms with Gasteiger partial charge < -0.3 is 20.7 Å². The van der Waals surface area contributed by atoms with E-state index in [2.05, 4.69) is 31.9 Å². The van der Waals surface area contributed by atoms with E-state index in [1.54, 1.807) is 52.0 Å². The molecule has 8 heteroatoms. The smallest absolute Gasteiger partial charge is 0.325 e. The van der Waals surface area contributed by atoms with Crippen LogP contribution in [0.4, 0.5) is 10.5 Å². The van der Waals surface area contributed by atoms with Gasteiger partial charge in [-0.05, 0) is 64.3 Å². The van der Waals surface area contributed by atoms with Crippen LogP contribution in [0.3, 0.4) is 0 Å². The van der Waals surface area contributed by atoms with Crippen LogP contribution in [0.5, 0.6) is 0 Å². The Bertz CT molecular complexity index is 698. The Hall–Kier alpha value is -2.09. The molecule has 0 heterocycles. The second kappa shape index (κ2) is 9.91. The summed E-state index contributed by atoms with van der Waals surface area (Å²) in [4.78, 5) is 37.0. The molecular weight excluding hydrogens is 426 g/mol. The summed E-state index contributed by atoms with van der Waals surface area (Å²) in [6, 6.07) is 6.59. The van der Waals surface area contributed by atoms with Crippen LogP contribution < -0.4 is 16.0 Å². The fourth-order valence-corrected chi connectivity index (χ4v) is 2.95. The topological polar surface area (TPSA) is 96.5 Å². The van der Waals surface area contributed by atoms with Gasteiger partial charge in [0, 0.05) is 10.2 Å². The summed E-state index contributed by atoms with van der Waals surface area (Å²) in [6.45, 7) is 10.5. The lowest BCUT2D eigenvalue weighted by molar-refractivity contribution is -0.154. The standard InChI is InChI=1S/C20H30BrN3O4/c1-13(2)11-20(6,17(26)22-12-16(25)28-19(3,4)5)24-18(27)23-15-9-7-14(21)8-10-15/h7-10,13H,11-12H2,1-6H3,(H,22,26)(H2,23,24,27). The number of esters is 1. The summed E-state index contributed by atoms with van der Waals surface area (Å²) in [7, 11) is 0. The van der Waals surface area contributed by atoms with E-state index in [-0.39, 0.29) is 12.5 Å². The van der Waals surface area contributed by atoms with Crippen molar-refractivity contribution in [2.45, 2.75) is 59.1 Å². The van der Waals surface area contributed by atoms with Gasteiger partial charge in [0.15, 0.2) is 0 Å². The third-order valence-electron chi connectivity index (χ3n) is 3.62. The maximum atomic E-state index is 12.7. The normalized spacial score (nSPS) is 13.4. The predicted molar refractivity (Wildman–Crippen MR) is 113 cm³/mol. The highest BCUT2D eigenvalue weighted by Crippen LogP contribution is 2.18. The average molecular weight is 456 g/mol. The summed E-state index contributed by atoms with van der Waals surface area (Å²) in [5.41, 5.74) is -1.22. The van der Waals surface area contributed by atoms with Crippen LogP contribution in [-0.2, 0) is 14.3 Å². The number of amides is 3. The maximum Gasteiger partial charge on any atom is 0.325 e. The number of carbonyl (C=O) groups is 3. The highest BCUT2D eigenvalue weighted by atomic mass is 79.9. The lowest BCUT2D eigenvalue weighted by Crippen LogP contribution is -2.59. The van der Waals surface area contributed by atoms with E-state index in [4.69, 9.17) is 4.74 Å². The molecule has 0 aliphatic heterocycles. The van der Waals surface area contributed by atoms with Crippen molar-refractivity contribution < 1.29 is 19.1 Å². The van der Waals surface area contributed by atoms with Gasteiger partial charge in [-0.25, -0.2) is 4.79 Å². The Morgan fingerprint density at radius 3 is 2.14 bits per heavy atom. The lowest BCUT2D eigenvalue weighted by atomic mass is 9.89. The second-order valence-corrected chi connectivity index (χ2v) is 9.20. The van der Waals surface area contributed by atoms with Crippen LogP contribution in [-0.4, -0.2) is 35.6 Å². The SMILES string of the molecule is CC(C)CC(C)(NC(=O)Nc1ccc(Br)cc1)C(=O)NCC(=O)OC(C)(C)C. The van der Waals surface area contributed by atoms with Gasteiger partial charge in [-0.3, -0.25) is 9.59 Å². The van der Waals surface area contributed by atoms with Crippen molar-refractivity contribution >= 4 is 39.5 Å². The molecule has 156 valence electrons. The molecule has 0 saturated heterocycles. The minimum absolute atomic E-state index is 0.144. The van der Waals surface area contributed by atoms with Crippen LogP contribution in [0.2, 0.25) is 0 Å². The van der Waals surface area contributed by atoms with Crippen molar-refractivity contribution in [1.82, 2.24) is 10.6 Å². The van der Waals surface area contributed by atoms with Crippen molar-refractivity contribution in [2.75, 3.05) is 11.9 Å². The van der Waals surface area contributed by atoms with Gasteiger partial charge in [-0.15, -0.1) is 0 Å². The molecule has 0 aliphatic carbocycles. The highest BCUT2D eigenvalue weighted by molar-refractivity contribution is 9.10. The maximum absolute atomic E-state index is 12.7. The minimum atomic E-state index is -1.18. The summed E-state index contributed by atoms with van der Waals surface area (Å²) in [5.74, 6) is -0.838. The van der Waals surface area contributed by atoms with E-state index in [1.165, 1.54) is 0 Å². The van der Waals surface area contributed by atoms with Crippen LogP contribution in [0.1, 0.15) is 48.0 Å². The summed E-state index contributed by atoms with van der Waals surface area (Å²) in [6.07, 6.45) is 0.404. The van der Waals surface area contributed by atoms with E-state index in [1.807, 2.05) is 13.8 Å². The number of rotatable bonds is 7. The molecule has 0 bridgehead atoms. The van der Waals surface area contributed by atoms with Crippen molar-refractivity contribution in [1.29, 1.82) is 0 Å². The molecule has 0 saturated carbocycles. The number of halogens is 1. The zero-order valence-corrected chi connectivity index (χ0v) is 18.9. The molecule has 0 fully saturated rings. The Kier molecular flexibility index (Phi) is 8.48. The molecule has 1 atom stereocenters. The first-order valence-electron chi connectivity index (χ1n) is 9.15. The molecule has 0 radical (unpaired) electrons. The zero-order valence-electron chi connectivity index (χ0n) is 17.3. The van der Waals surface area contributed by atoms with E-state index >= 15 is 0 Å². The zero-order chi connectivity index (χ0) is 21.5. The fraction of sp³-hybridized carbons (Fsp3) is 0.550. The number of hydrogen-bond acceptors (Lipinski definition) is 4. The van der Waals surface area contributed by atoms with Crippen LogP contribution in [0.25, 0.3) is 0 Å². The third-order valence-corrected chi connectivity index (χ3v) is 4.15. The van der Waals surface area contributed by atoms with Crippen LogP contribution in [0.15, 0.2) is 28.7 Å². The molecular formula is C20H30BrN3O4. The van der Waals surface area contributed by atoms with Gasteiger partial charge in [-0.1, -0.05) is 29.8 Å². The molecule has 0 aromatic heterocycles. The third kappa shape index (κ3) is 8.73.